The molecule has 0 fully saturated rings. The summed E-state index contributed by atoms with van der Waals surface area (Å²) in [5.41, 5.74) is -0.152. The first-order valence-electron chi connectivity index (χ1n) is 5.98. The van der Waals surface area contributed by atoms with Crippen molar-refractivity contribution in [1.29, 1.82) is 0 Å². The van der Waals surface area contributed by atoms with Crippen molar-refractivity contribution in [2.75, 3.05) is 0 Å². The molecule has 2 aromatic heterocycles. The molecular formula is C12H17N5OS. The van der Waals surface area contributed by atoms with Crippen molar-refractivity contribution >= 4 is 17.2 Å². The topological polar surface area (TPSA) is 83.6 Å². The van der Waals surface area contributed by atoms with E-state index in [0.29, 0.717) is 12.4 Å². The maximum absolute atomic E-state index is 11.9. The number of carbonyl (C=O) groups is 1. The number of aryl methyl sites for hydroxylation is 1. The molecule has 2 aromatic rings. The van der Waals surface area contributed by atoms with Gasteiger partial charge in [-0.2, -0.15) is 0 Å². The third-order valence-electron chi connectivity index (χ3n) is 2.49. The molecule has 0 aliphatic carbocycles. The fourth-order valence-electron chi connectivity index (χ4n) is 1.43. The number of nitrogens with one attached hydrogen (secondary N) is 2. The van der Waals surface area contributed by atoms with Gasteiger partial charge in [0.05, 0.1) is 11.6 Å². The molecule has 0 saturated carbocycles. The number of H-pyrrole nitrogens is 1. The summed E-state index contributed by atoms with van der Waals surface area (Å²) in [6, 6.07) is 0. The van der Waals surface area contributed by atoms with Gasteiger partial charge in [-0.3, -0.25) is 9.89 Å². The van der Waals surface area contributed by atoms with Gasteiger partial charge in [0.1, 0.15) is 5.82 Å². The lowest BCUT2D eigenvalue weighted by Gasteiger charge is -2.12. The Morgan fingerprint density at radius 1 is 1.47 bits per heavy atom. The summed E-state index contributed by atoms with van der Waals surface area (Å²) >= 11 is 1.56. The molecule has 2 rings (SSSR count). The number of nitrogens with zero attached hydrogens (tertiary/aromatic N) is 3. The van der Waals surface area contributed by atoms with Crippen molar-refractivity contribution in [2.45, 2.75) is 39.7 Å². The number of aromatic amines is 1. The molecule has 0 spiro atoms. The molecule has 7 heteroatoms. The van der Waals surface area contributed by atoms with E-state index >= 15 is 0 Å². The van der Waals surface area contributed by atoms with Gasteiger partial charge in [-0.25, -0.2) is 9.97 Å². The largest absolute Gasteiger partial charge is 0.344 e. The Hall–Kier alpha value is -1.76. The van der Waals surface area contributed by atoms with Gasteiger partial charge < -0.3 is 5.32 Å². The van der Waals surface area contributed by atoms with Crippen molar-refractivity contribution in [3.63, 3.8) is 0 Å². The Morgan fingerprint density at radius 2 is 2.21 bits per heavy atom. The van der Waals surface area contributed by atoms with Crippen LogP contribution in [0.4, 0.5) is 0 Å². The minimum atomic E-state index is -0.280. The third-order valence-corrected chi connectivity index (χ3v) is 3.40. The van der Waals surface area contributed by atoms with Crippen molar-refractivity contribution in [3.8, 4) is 0 Å². The van der Waals surface area contributed by atoms with Gasteiger partial charge in [0.15, 0.2) is 0 Å². The number of carbonyl (C=O) groups excluding carboxylic acids is 1. The zero-order valence-electron chi connectivity index (χ0n) is 11.4. The van der Waals surface area contributed by atoms with Crippen LogP contribution in [0.25, 0.3) is 0 Å². The number of thiazole rings is 1. The van der Waals surface area contributed by atoms with Crippen molar-refractivity contribution in [3.05, 3.63) is 27.7 Å². The maximum Gasteiger partial charge on any atom is 0.291 e. The quantitative estimate of drug-likeness (QED) is 0.897. The van der Waals surface area contributed by atoms with Gasteiger partial charge in [0, 0.05) is 16.5 Å². The second kappa shape index (κ2) is 5.08. The first kappa shape index (κ1) is 13.7. The number of amides is 1. The molecule has 0 aliphatic rings. The molecule has 19 heavy (non-hydrogen) atoms. The summed E-state index contributed by atoms with van der Waals surface area (Å²) in [6.45, 7) is 8.41. The van der Waals surface area contributed by atoms with Crippen LogP contribution in [-0.2, 0) is 12.0 Å². The first-order valence-corrected chi connectivity index (χ1v) is 6.80. The normalized spacial score (nSPS) is 11.6. The summed E-state index contributed by atoms with van der Waals surface area (Å²) in [4.78, 5) is 21.2. The van der Waals surface area contributed by atoms with Crippen LogP contribution in [0.3, 0.4) is 0 Å². The van der Waals surface area contributed by atoms with Crippen LogP contribution in [0, 0.1) is 6.92 Å². The van der Waals surface area contributed by atoms with Gasteiger partial charge in [-0.1, -0.05) is 20.8 Å². The summed E-state index contributed by atoms with van der Waals surface area (Å²) in [7, 11) is 0. The van der Waals surface area contributed by atoms with Gasteiger partial charge in [0.25, 0.3) is 5.91 Å². The predicted molar refractivity (Wildman–Crippen MR) is 73.1 cm³/mol. The zero-order valence-corrected chi connectivity index (χ0v) is 12.3. The number of hydrogen-bond donors (Lipinski definition) is 2. The molecule has 0 atom stereocenters. The average Bonchev–Trinajstić information content (AvgIpc) is 2.93. The number of rotatable bonds is 3. The van der Waals surface area contributed by atoms with Crippen LogP contribution in [0.1, 0.15) is 47.1 Å². The minimum absolute atomic E-state index is 0.152. The summed E-state index contributed by atoms with van der Waals surface area (Å²) in [6.07, 6.45) is 1.76. The molecule has 0 unspecified atom stereocenters. The van der Waals surface area contributed by atoms with Crippen LogP contribution in [0.15, 0.2) is 6.20 Å². The van der Waals surface area contributed by atoms with Crippen LogP contribution >= 0.6 is 11.3 Å². The third kappa shape index (κ3) is 3.37. The fourth-order valence-corrected chi connectivity index (χ4v) is 2.17. The molecule has 0 aromatic carbocycles. The SMILES string of the molecule is Cc1ncc(CNC(=O)c2n[nH]c(C(C)(C)C)n2)s1. The smallest absolute Gasteiger partial charge is 0.291 e. The maximum atomic E-state index is 11.9. The van der Waals surface area contributed by atoms with E-state index in [2.05, 4.69) is 25.5 Å². The van der Waals surface area contributed by atoms with Gasteiger partial charge in [-0.05, 0) is 6.92 Å². The Bertz CT molecular complexity index is 581. The highest BCUT2D eigenvalue weighted by atomic mass is 32.1. The fraction of sp³-hybridized carbons (Fsp3) is 0.500. The first-order chi connectivity index (χ1) is 8.86. The van der Waals surface area contributed by atoms with E-state index in [9.17, 15) is 4.79 Å². The summed E-state index contributed by atoms with van der Waals surface area (Å²) in [5.74, 6) is 0.593. The highest BCUT2D eigenvalue weighted by molar-refractivity contribution is 7.11. The van der Waals surface area contributed by atoms with Crippen LogP contribution in [0.2, 0.25) is 0 Å². The second-order valence-electron chi connectivity index (χ2n) is 5.29. The van der Waals surface area contributed by atoms with Crippen molar-refractivity contribution in [2.24, 2.45) is 0 Å². The van der Waals surface area contributed by atoms with E-state index < -0.39 is 0 Å². The Kier molecular flexibility index (Phi) is 3.66. The molecule has 6 nitrogen and oxygen atoms in total. The van der Waals surface area contributed by atoms with E-state index in [-0.39, 0.29) is 17.1 Å². The standard InChI is InChI=1S/C12H17N5OS/c1-7-13-5-8(19-7)6-14-10(18)9-15-11(17-16-9)12(2,3)4/h5H,6H2,1-4H3,(H,14,18)(H,15,16,17). The summed E-state index contributed by atoms with van der Waals surface area (Å²) < 4.78 is 0. The lowest BCUT2D eigenvalue weighted by Crippen LogP contribution is -2.24. The molecule has 102 valence electrons. The van der Waals surface area contributed by atoms with E-state index in [4.69, 9.17) is 0 Å². The Morgan fingerprint density at radius 3 is 2.74 bits per heavy atom. The average molecular weight is 279 g/mol. The monoisotopic (exact) mass is 279 g/mol. The van der Waals surface area contributed by atoms with Gasteiger partial charge in [-0.15, -0.1) is 16.4 Å². The predicted octanol–water partition coefficient (Wildman–Crippen LogP) is 1.80. The summed E-state index contributed by atoms with van der Waals surface area (Å²) in [5, 5.41) is 10.5. The van der Waals surface area contributed by atoms with E-state index in [0.717, 1.165) is 9.88 Å². The molecular weight excluding hydrogens is 262 g/mol. The highest BCUT2D eigenvalue weighted by Crippen LogP contribution is 2.17. The van der Waals surface area contributed by atoms with E-state index in [1.165, 1.54) is 0 Å². The Labute approximate surface area is 115 Å². The van der Waals surface area contributed by atoms with E-state index in [1.807, 2.05) is 27.7 Å². The molecule has 0 aliphatic heterocycles. The van der Waals surface area contributed by atoms with Crippen LogP contribution < -0.4 is 5.32 Å². The molecule has 2 N–H and O–H groups in total. The highest BCUT2D eigenvalue weighted by Gasteiger charge is 2.21. The lowest BCUT2D eigenvalue weighted by atomic mass is 9.96. The zero-order chi connectivity index (χ0) is 14.0. The molecule has 0 radical (unpaired) electrons. The van der Waals surface area contributed by atoms with Crippen LogP contribution in [0.5, 0.6) is 0 Å². The van der Waals surface area contributed by atoms with Crippen molar-refractivity contribution in [1.82, 2.24) is 25.5 Å². The van der Waals surface area contributed by atoms with Crippen LogP contribution in [-0.4, -0.2) is 26.1 Å². The minimum Gasteiger partial charge on any atom is -0.344 e. The van der Waals surface area contributed by atoms with Gasteiger partial charge >= 0.3 is 0 Å². The molecule has 0 bridgehead atoms. The molecule has 2 heterocycles. The van der Waals surface area contributed by atoms with Crippen molar-refractivity contribution < 1.29 is 4.79 Å². The lowest BCUT2D eigenvalue weighted by molar-refractivity contribution is 0.0941. The number of hydrogen-bond acceptors (Lipinski definition) is 5. The molecule has 0 saturated heterocycles. The molecule has 1 amide bonds. The van der Waals surface area contributed by atoms with Gasteiger partial charge in [0.2, 0.25) is 5.82 Å². The number of aromatic nitrogens is 4. The second-order valence-corrected chi connectivity index (χ2v) is 6.61. The Balaban J connectivity index is 1.98. The van der Waals surface area contributed by atoms with E-state index in [1.54, 1.807) is 17.5 Å².